The highest BCUT2D eigenvalue weighted by Crippen LogP contribution is 2.19. The molecule has 0 unspecified atom stereocenters. The van der Waals surface area contributed by atoms with Crippen LogP contribution in [0.4, 0.5) is 10.5 Å². The van der Waals surface area contributed by atoms with Gasteiger partial charge in [-0.25, -0.2) is 9.59 Å². The van der Waals surface area contributed by atoms with Crippen LogP contribution >= 0.6 is 11.6 Å². The SMILES string of the molecule is Cc1ccc(NC(=O)NC/C=C/C(=O)O)cc1Cl. The molecule has 2 amide bonds. The number of urea groups is 1. The molecule has 0 atom stereocenters. The predicted octanol–water partition coefficient (Wildman–Crippen LogP) is 2.41. The molecule has 0 aliphatic carbocycles. The number of rotatable bonds is 4. The van der Waals surface area contributed by atoms with E-state index in [0.717, 1.165) is 11.6 Å². The normalized spacial score (nSPS) is 10.3. The second kappa shape index (κ2) is 6.66. The minimum absolute atomic E-state index is 0.137. The zero-order valence-electron chi connectivity index (χ0n) is 9.74. The van der Waals surface area contributed by atoms with Crippen LogP contribution in [0.5, 0.6) is 0 Å². The number of anilines is 1. The van der Waals surface area contributed by atoms with Gasteiger partial charge in [0.15, 0.2) is 0 Å². The molecule has 0 saturated carbocycles. The van der Waals surface area contributed by atoms with Crippen molar-refractivity contribution in [2.45, 2.75) is 6.92 Å². The van der Waals surface area contributed by atoms with Gasteiger partial charge in [-0.1, -0.05) is 23.7 Å². The van der Waals surface area contributed by atoms with E-state index in [2.05, 4.69) is 10.6 Å². The first-order chi connectivity index (χ1) is 8.49. The van der Waals surface area contributed by atoms with E-state index in [4.69, 9.17) is 16.7 Å². The number of nitrogens with one attached hydrogen (secondary N) is 2. The molecule has 96 valence electrons. The third kappa shape index (κ3) is 4.88. The van der Waals surface area contributed by atoms with Crippen LogP contribution in [0.2, 0.25) is 5.02 Å². The van der Waals surface area contributed by atoms with Crippen LogP contribution in [0.3, 0.4) is 0 Å². The number of hydrogen-bond acceptors (Lipinski definition) is 2. The van der Waals surface area contributed by atoms with Gasteiger partial charge in [-0.05, 0) is 24.6 Å². The number of aryl methyl sites for hydroxylation is 1. The van der Waals surface area contributed by atoms with Crippen molar-refractivity contribution in [2.24, 2.45) is 0 Å². The van der Waals surface area contributed by atoms with Gasteiger partial charge < -0.3 is 15.7 Å². The van der Waals surface area contributed by atoms with E-state index in [1.165, 1.54) is 6.08 Å². The zero-order valence-corrected chi connectivity index (χ0v) is 10.5. The Morgan fingerprint density at radius 2 is 2.17 bits per heavy atom. The standard InChI is InChI=1S/C12H13ClN2O3/c1-8-4-5-9(7-10(8)13)15-12(18)14-6-2-3-11(16)17/h2-5,7H,6H2,1H3,(H,16,17)(H2,14,15,18)/b3-2+. The van der Waals surface area contributed by atoms with E-state index >= 15 is 0 Å². The van der Waals surface area contributed by atoms with Crippen molar-refractivity contribution < 1.29 is 14.7 Å². The van der Waals surface area contributed by atoms with Gasteiger partial charge in [0, 0.05) is 23.3 Å². The lowest BCUT2D eigenvalue weighted by molar-refractivity contribution is -0.131. The Balaban J connectivity index is 2.44. The van der Waals surface area contributed by atoms with Crippen molar-refractivity contribution in [1.29, 1.82) is 0 Å². The molecule has 0 fully saturated rings. The first-order valence-corrected chi connectivity index (χ1v) is 5.57. The molecule has 0 bridgehead atoms. The highest BCUT2D eigenvalue weighted by atomic mass is 35.5. The minimum atomic E-state index is -1.05. The number of aliphatic carboxylic acids is 1. The Bertz CT molecular complexity index is 486. The van der Waals surface area contributed by atoms with Gasteiger partial charge in [-0.3, -0.25) is 0 Å². The smallest absolute Gasteiger partial charge is 0.328 e. The molecule has 3 N–H and O–H groups in total. The molecule has 1 aromatic carbocycles. The monoisotopic (exact) mass is 268 g/mol. The number of halogens is 1. The summed E-state index contributed by atoms with van der Waals surface area (Å²) in [5.74, 6) is -1.05. The lowest BCUT2D eigenvalue weighted by Crippen LogP contribution is -2.28. The third-order valence-corrected chi connectivity index (χ3v) is 2.48. The van der Waals surface area contributed by atoms with Crippen molar-refractivity contribution in [1.82, 2.24) is 5.32 Å². The van der Waals surface area contributed by atoms with Gasteiger partial charge in [0.1, 0.15) is 0 Å². The largest absolute Gasteiger partial charge is 0.478 e. The average Bonchev–Trinajstić information content (AvgIpc) is 2.29. The van der Waals surface area contributed by atoms with Crippen molar-refractivity contribution in [3.63, 3.8) is 0 Å². The number of benzene rings is 1. The van der Waals surface area contributed by atoms with E-state index < -0.39 is 12.0 Å². The summed E-state index contributed by atoms with van der Waals surface area (Å²) in [5.41, 5.74) is 1.50. The second-order valence-corrected chi connectivity index (χ2v) is 3.95. The number of carbonyl (C=O) groups excluding carboxylic acids is 1. The van der Waals surface area contributed by atoms with Crippen LogP contribution in [0.1, 0.15) is 5.56 Å². The summed E-state index contributed by atoms with van der Waals surface area (Å²) < 4.78 is 0. The zero-order chi connectivity index (χ0) is 13.5. The summed E-state index contributed by atoms with van der Waals surface area (Å²) in [7, 11) is 0. The fraction of sp³-hybridized carbons (Fsp3) is 0.167. The lowest BCUT2D eigenvalue weighted by Gasteiger charge is -2.07. The molecule has 18 heavy (non-hydrogen) atoms. The average molecular weight is 269 g/mol. The molecule has 0 aliphatic heterocycles. The van der Waals surface area contributed by atoms with Crippen molar-refractivity contribution in [2.75, 3.05) is 11.9 Å². The Labute approximate surface area is 109 Å². The van der Waals surface area contributed by atoms with Crippen LogP contribution in [-0.4, -0.2) is 23.7 Å². The summed E-state index contributed by atoms with van der Waals surface area (Å²) in [6.45, 7) is 2.00. The molecule has 0 radical (unpaired) electrons. The highest BCUT2D eigenvalue weighted by Gasteiger charge is 2.02. The van der Waals surface area contributed by atoms with Crippen molar-refractivity contribution >= 4 is 29.3 Å². The van der Waals surface area contributed by atoms with E-state index in [0.29, 0.717) is 10.7 Å². The number of amides is 2. The number of carboxylic acid groups (broad SMARTS) is 1. The number of carbonyl (C=O) groups is 2. The molecule has 5 nitrogen and oxygen atoms in total. The van der Waals surface area contributed by atoms with Gasteiger partial charge in [-0.2, -0.15) is 0 Å². The Kier molecular flexibility index (Phi) is 5.20. The molecule has 1 rings (SSSR count). The molecule has 0 aliphatic rings. The molecule has 0 heterocycles. The van der Waals surface area contributed by atoms with Crippen molar-refractivity contribution in [3.05, 3.63) is 40.9 Å². The molecular formula is C12H13ClN2O3. The fourth-order valence-electron chi connectivity index (χ4n) is 1.16. The topological polar surface area (TPSA) is 78.4 Å². The van der Waals surface area contributed by atoms with E-state index in [9.17, 15) is 9.59 Å². The lowest BCUT2D eigenvalue weighted by atomic mass is 10.2. The van der Waals surface area contributed by atoms with Gasteiger partial charge in [-0.15, -0.1) is 0 Å². The summed E-state index contributed by atoms with van der Waals surface area (Å²) in [5, 5.41) is 14.0. The van der Waals surface area contributed by atoms with Gasteiger partial charge in [0.05, 0.1) is 0 Å². The van der Waals surface area contributed by atoms with Crippen LogP contribution in [-0.2, 0) is 4.79 Å². The molecule has 0 saturated heterocycles. The Morgan fingerprint density at radius 3 is 2.78 bits per heavy atom. The Hall–Kier alpha value is -2.01. The van der Waals surface area contributed by atoms with E-state index in [1.54, 1.807) is 18.2 Å². The fourth-order valence-corrected chi connectivity index (χ4v) is 1.34. The maximum Gasteiger partial charge on any atom is 0.328 e. The molecular weight excluding hydrogens is 256 g/mol. The minimum Gasteiger partial charge on any atom is -0.478 e. The number of hydrogen-bond donors (Lipinski definition) is 3. The first-order valence-electron chi connectivity index (χ1n) is 5.19. The van der Waals surface area contributed by atoms with E-state index in [1.807, 2.05) is 6.92 Å². The molecule has 1 aromatic rings. The summed E-state index contributed by atoms with van der Waals surface area (Å²) >= 11 is 5.91. The van der Waals surface area contributed by atoms with Gasteiger partial charge >= 0.3 is 12.0 Å². The molecule has 0 aromatic heterocycles. The summed E-state index contributed by atoms with van der Waals surface area (Å²) in [4.78, 5) is 21.6. The van der Waals surface area contributed by atoms with Gasteiger partial charge in [0.25, 0.3) is 0 Å². The molecule has 6 heteroatoms. The maximum atomic E-state index is 11.4. The maximum absolute atomic E-state index is 11.4. The van der Waals surface area contributed by atoms with E-state index in [-0.39, 0.29) is 6.54 Å². The van der Waals surface area contributed by atoms with Crippen LogP contribution < -0.4 is 10.6 Å². The predicted molar refractivity (Wildman–Crippen MR) is 70.0 cm³/mol. The number of carboxylic acids is 1. The molecule has 0 spiro atoms. The third-order valence-electron chi connectivity index (χ3n) is 2.07. The van der Waals surface area contributed by atoms with Crippen LogP contribution in [0, 0.1) is 6.92 Å². The van der Waals surface area contributed by atoms with Crippen LogP contribution in [0.25, 0.3) is 0 Å². The summed E-state index contributed by atoms with van der Waals surface area (Å²) in [6, 6.07) is 4.74. The van der Waals surface area contributed by atoms with Crippen molar-refractivity contribution in [3.8, 4) is 0 Å². The quantitative estimate of drug-likeness (QED) is 0.734. The van der Waals surface area contributed by atoms with Gasteiger partial charge in [0.2, 0.25) is 0 Å². The Morgan fingerprint density at radius 1 is 1.44 bits per heavy atom. The van der Waals surface area contributed by atoms with Crippen LogP contribution in [0.15, 0.2) is 30.4 Å². The summed E-state index contributed by atoms with van der Waals surface area (Å²) in [6.07, 6.45) is 2.30. The highest BCUT2D eigenvalue weighted by molar-refractivity contribution is 6.31. The first kappa shape index (κ1) is 14.1. The second-order valence-electron chi connectivity index (χ2n) is 3.54.